The topological polar surface area (TPSA) is 47.1 Å². The normalized spacial score (nSPS) is 21.2. The molecule has 0 aromatic carbocycles. The molecule has 1 unspecified atom stereocenters. The molecule has 1 atom stereocenters. The smallest absolute Gasteiger partial charge is 0.0752 e. The highest BCUT2D eigenvalue weighted by Crippen LogP contribution is 2.22. The van der Waals surface area contributed by atoms with Crippen LogP contribution in [0.15, 0.2) is 12.4 Å². The maximum atomic E-state index is 5.68. The molecule has 2 N–H and O–H groups in total. The largest absolute Gasteiger partial charge is 0.369 e. The first-order valence-corrected chi connectivity index (χ1v) is 5.81. The van der Waals surface area contributed by atoms with Gasteiger partial charge in [0.1, 0.15) is 0 Å². The van der Waals surface area contributed by atoms with Crippen LogP contribution in [0.2, 0.25) is 0 Å². The van der Waals surface area contributed by atoms with E-state index in [0.717, 1.165) is 32.6 Å². The fraction of sp³-hybridized carbons (Fsp3) is 0.727. The Morgan fingerprint density at radius 3 is 3.13 bits per heavy atom. The first-order chi connectivity index (χ1) is 7.33. The number of aromatic nitrogens is 2. The van der Waals surface area contributed by atoms with Gasteiger partial charge in [-0.1, -0.05) is 6.92 Å². The quantitative estimate of drug-likeness (QED) is 0.805. The maximum absolute atomic E-state index is 5.68. The van der Waals surface area contributed by atoms with Crippen molar-refractivity contribution in [3.8, 4) is 0 Å². The molecular weight excluding hydrogens is 188 g/mol. The van der Waals surface area contributed by atoms with Crippen molar-refractivity contribution in [3.63, 3.8) is 0 Å². The third-order valence-electron chi connectivity index (χ3n) is 3.06. The molecule has 0 amide bonds. The van der Waals surface area contributed by atoms with E-state index in [1.165, 1.54) is 12.1 Å². The summed E-state index contributed by atoms with van der Waals surface area (Å²) in [6.07, 6.45) is 6.46. The fourth-order valence-corrected chi connectivity index (χ4v) is 2.13. The van der Waals surface area contributed by atoms with Crippen LogP contribution in [0.25, 0.3) is 0 Å². The Morgan fingerprint density at radius 1 is 1.60 bits per heavy atom. The van der Waals surface area contributed by atoms with Crippen LogP contribution in [0.3, 0.4) is 0 Å². The minimum Gasteiger partial charge on any atom is -0.369 e. The van der Waals surface area contributed by atoms with Crippen molar-refractivity contribution in [1.82, 2.24) is 9.78 Å². The van der Waals surface area contributed by atoms with E-state index in [1.807, 2.05) is 10.9 Å². The van der Waals surface area contributed by atoms with Crippen molar-refractivity contribution in [3.05, 3.63) is 12.4 Å². The summed E-state index contributed by atoms with van der Waals surface area (Å²) >= 11 is 0. The van der Waals surface area contributed by atoms with Crippen LogP contribution in [0, 0.1) is 5.92 Å². The number of hydrogen-bond acceptors (Lipinski definition) is 3. The molecule has 1 aromatic heterocycles. The summed E-state index contributed by atoms with van der Waals surface area (Å²) in [6.45, 7) is 6.20. The lowest BCUT2D eigenvalue weighted by molar-refractivity contribution is 0.600. The van der Waals surface area contributed by atoms with Crippen LogP contribution in [-0.2, 0) is 6.54 Å². The van der Waals surface area contributed by atoms with Gasteiger partial charge in [0.2, 0.25) is 0 Å². The SMILES string of the molecule is CCCn1cc(N2CCC(CN)C2)cn1. The highest BCUT2D eigenvalue weighted by atomic mass is 15.3. The zero-order valence-corrected chi connectivity index (χ0v) is 9.39. The molecule has 1 saturated heterocycles. The van der Waals surface area contributed by atoms with Crippen molar-refractivity contribution in [2.45, 2.75) is 26.3 Å². The monoisotopic (exact) mass is 208 g/mol. The lowest BCUT2D eigenvalue weighted by atomic mass is 10.1. The molecule has 2 heterocycles. The van der Waals surface area contributed by atoms with Gasteiger partial charge in [0.25, 0.3) is 0 Å². The number of rotatable bonds is 4. The van der Waals surface area contributed by atoms with Gasteiger partial charge in [-0.2, -0.15) is 5.10 Å². The predicted octanol–water partition coefficient (Wildman–Crippen LogP) is 1.08. The summed E-state index contributed by atoms with van der Waals surface area (Å²) in [7, 11) is 0. The van der Waals surface area contributed by atoms with E-state index in [0.29, 0.717) is 5.92 Å². The van der Waals surface area contributed by atoms with E-state index in [2.05, 4.69) is 23.1 Å². The average molecular weight is 208 g/mol. The van der Waals surface area contributed by atoms with Gasteiger partial charge >= 0.3 is 0 Å². The van der Waals surface area contributed by atoms with E-state index < -0.39 is 0 Å². The lowest BCUT2D eigenvalue weighted by Gasteiger charge is -2.15. The van der Waals surface area contributed by atoms with E-state index >= 15 is 0 Å². The minimum atomic E-state index is 0.666. The molecule has 0 radical (unpaired) electrons. The lowest BCUT2D eigenvalue weighted by Crippen LogP contribution is -2.22. The predicted molar refractivity (Wildman–Crippen MR) is 61.9 cm³/mol. The van der Waals surface area contributed by atoms with Gasteiger partial charge in [-0.15, -0.1) is 0 Å². The van der Waals surface area contributed by atoms with Crippen LogP contribution < -0.4 is 10.6 Å². The summed E-state index contributed by atoms with van der Waals surface area (Å²) in [5, 5.41) is 4.35. The Bertz CT molecular complexity index is 307. The molecule has 15 heavy (non-hydrogen) atoms. The van der Waals surface area contributed by atoms with E-state index in [1.54, 1.807) is 0 Å². The first kappa shape index (κ1) is 10.5. The van der Waals surface area contributed by atoms with Gasteiger partial charge in [0.05, 0.1) is 11.9 Å². The van der Waals surface area contributed by atoms with Gasteiger partial charge in [0, 0.05) is 25.8 Å². The molecule has 4 nitrogen and oxygen atoms in total. The number of hydrogen-bond donors (Lipinski definition) is 1. The Morgan fingerprint density at radius 2 is 2.47 bits per heavy atom. The molecule has 2 rings (SSSR count). The van der Waals surface area contributed by atoms with Gasteiger partial charge in [-0.05, 0) is 25.3 Å². The van der Waals surface area contributed by atoms with Crippen LogP contribution >= 0.6 is 0 Å². The molecular formula is C11H20N4. The highest BCUT2D eigenvalue weighted by molar-refractivity contribution is 5.43. The van der Waals surface area contributed by atoms with E-state index in [4.69, 9.17) is 5.73 Å². The van der Waals surface area contributed by atoms with Crippen molar-refractivity contribution in [1.29, 1.82) is 0 Å². The van der Waals surface area contributed by atoms with E-state index in [-0.39, 0.29) is 0 Å². The molecule has 1 aliphatic rings. The standard InChI is InChI=1S/C11H20N4/c1-2-4-15-9-11(7-13-15)14-5-3-10(6-12)8-14/h7,9-10H,2-6,8,12H2,1H3. The van der Waals surface area contributed by atoms with Crippen molar-refractivity contribution >= 4 is 5.69 Å². The molecule has 1 aromatic rings. The molecule has 84 valence electrons. The number of aryl methyl sites for hydroxylation is 1. The molecule has 0 bridgehead atoms. The van der Waals surface area contributed by atoms with Crippen molar-refractivity contribution in [2.24, 2.45) is 11.7 Å². The van der Waals surface area contributed by atoms with Crippen LogP contribution in [0.5, 0.6) is 0 Å². The second kappa shape index (κ2) is 4.66. The summed E-state index contributed by atoms with van der Waals surface area (Å²) in [5.41, 5.74) is 6.93. The van der Waals surface area contributed by atoms with Crippen LogP contribution in [-0.4, -0.2) is 29.4 Å². The minimum absolute atomic E-state index is 0.666. The van der Waals surface area contributed by atoms with Gasteiger partial charge in [-0.25, -0.2) is 0 Å². The average Bonchev–Trinajstić information content (AvgIpc) is 2.85. The molecule has 0 spiro atoms. The zero-order chi connectivity index (χ0) is 10.7. The molecule has 1 fully saturated rings. The summed E-state index contributed by atoms with van der Waals surface area (Å²) in [5.74, 6) is 0.666. The van der Waals surface area contributed by atoms with Gasteiger partial charge in [-0.3, -0.25) is 4.68 Å². The highest BCUT2D eigenvalue weighted by Gasteiger charge is 2.22. The summed E-state index contributed by atoms with van der Waals surface area (Å²) in [6, 6.07) is 0. The molecule has 4 heteroatoms. The third kappa shape index (κ3) is 2.31. The van der Waals surface area contributed by atoms with Gasteiger partial charge in [0.15, 0.2) is 0 Å². The van der Waals surface area contributed by atoms with Crippen LogP contribution in [0.1, 0.15) is 19.8 Å². The summed E-state index contributed by atoms with van der Waals surface area (Å²) in [4.78, 5) is 2.39. The second-order valence-corrected chi connectivity index (χ2v) is 4.30. The van der Waals surface area contributed by atoms with Crippen molar-refractivity contribution in [2.75, 3.05) is 24.5 Å². The third-order valence-corrected chi connectivity index (χ3v) is 3.06. The summed E-state index contributed by atoms with van der Waals surface area (Å²) < 4.78 is 2.02. The fourth-order valence-electron chi connectivity index (χ4n) is 2.13. The van der Waals surface area contributed by atoms with E-state index in [9.17, 15) is 0 Å². The van der Waals surface area contributed by atoms with Gasteiger partial charge < -0.3 is 10.6 Å². The Hall–Kier alpha value is -1.03. The zero-order valence-electron chi connectivity index (χ0n) is 9.39. The van der Waals surface area contributed by atoms with Crippen LogP contribution in [0.4, 0.5) is 5.69 Å². The Balaban J connectivity index is 1.97. The maximum Gasteiger partial charge on any atom is 0.0752 e. The second-order valence-electron chi connectivity index (χ2n) is 4.30. The number of nitrogens with two attached hydrogens (primary N) is 1. The number of anilines is 1. The molecule has 0 aliphatic carbocycles. The molecule has 0 saturated carbocycles. The Kier molecular flexibility index (Phi) is 3.26. The van der Waals surface area contributed by atoms with Crippen molar-refractivity contribution < 1.29 is 0 Å². The Labute approximate surface area is 91.1 Å². The number of nitrogens with zero attached hydrogens (tertiary/aromatic N) is 3. The molecule has 1 aliphatic heterocycles. The first-order valence-electron chi connectivity index (χ1n) is 5.81.